The molecule has 0 bridgehead atoms. The molecule has 1 N–H and O–H groups in total. The SMILES string of the molecule is CCNC(C)c1ccc(N(CC)CC(F)(F)F)cc1Cl. The molecule has 0 saturated heterocycles. The van der Waals surface area contributed by atoms with Crippen molar-refractivity contribution in [3.8, 4) is 0 Å². The van der Waals surface area contributed by atoms with Gasteiger partial charge in [-0.1, -0.05) is 24.6 Å². The van der Waals surface area contributed by atoms with Crippen molar-refractivity contribution in [1.82, 2.24) is 5.32 Å². The Labute approximate surface area is 122 Å². The topological polar surface area (TPSA) is 15.3 Å². The van der Waals surface area contributed by atoms with E-state index in [0.29, 0.717) is 10.7 Å². The average Bonchev–Trinajstić information content (AvgIpc) is 2.35. The van der Waals surface area contributed by atoms with Crippen molar-refractivity contribution in [2.45, 2.75) is 33.0 Å². The summed E-state index contributed by atoms with van der Waals surface area (Å²) < 4.78 is 37.5. The van der Waals surface area contributed by atoms with Gasteiger partial charge in [-0.25, -0.2) is 0 Å². The second-order valence-electron chi connectivity index (χ2n) is 4.61. The van der Waals surface area contributed by atoms with Gasteiger partial charge in [-0.2, -0.15) is 13.2 Å². The highest BCUT2D eigenvalue weighted by Crippen LogP contribution is 2.29. The predicted octanol–water partition coefficient (Wildman–Crippen LogP) is 4.40. The van der Waals surface area contributed by atoms with Crippen molar-refractivity contribution in [2.24, 2.45) is 0 Å². The first kappa shape index (κ1) is 17.1. The number of hydrogen-bond donors (Lipinski definition) is 1. The van der Waals surface area contributed by atoms with Crippen LogP contribution in [-0.4, -0.2) is 25.8 Å². The van der Waals surface area contributed by atoms with Crippen molar-refractivity contribution >= 4 is 17.3 Å². The molecule has 1 atom stereocenters. The number of hydrogen-bond acceptors (Lipinski definition) is 2. The van der Waals surface area contributed by atoms with E-state index in [1.54, 1.807) is 25.1 Å². The highest BCUT2D eigenvalue weighted by Gasteiger charge is 2.30. The van der Waals surface area contributed by atoms with Gasteiger partial charge in [0, 0.05) is 23.3 Å². The number of nitrogens with one attached hydrogen (secondary N) is 1. The summed E-state index contributed by atoms with van der Waals surface area (Å²) in [6.07, 6.45) is -4.22. The van der Waals surface area contributed by atoms with Crippen molar-refractivity contribution in [1.29, 1.82) is 0 Å². The fourth-order valence-electron chi connectivity index (χ4n) is 2.08. The monoisotopic (exact) mass is 308 g/mol. The van der Waals surface area contributed by atoms with Gasteiger partial charge in [0.05, 0.1) is 0 Å². The Morgan fingerprint density at radius 2 is 1.95 bits per heavy atom. The van der Waals surface area contributed by atoms with E-state index in [2.05, 4.69) is 5.32 Å². The summed E-state index contributed by atoms with van der Waals surface area (Å²) in [4.78, 5) is 1.26. The summed E-state index contributed by atoms with van der Waals surface area (Å²) in [5.41, 5.74) is 1.38. The van der Waals surface area contributed by atoms with Crippen molar-refractivity contribution in [3.63, 3.8) is 0 Å². The van der Waals surface area contributed by atoms with Gasteiger partial charge in [-0.3, -0.25) is 0 Å². The third kappa shape index (κ3) is 4.87. The molecule has 1 unspecified atom stereocenters. The summed E-state index contributed by atoms with van der Waals surface area (Å²) in [5, 5.41) is 3.71. The molecular weight excluding hydrogens is 289 g/mol. The quantitative estimate of drug-likeness (QED) is 0.838. The summed E-state index contributed by atoms with van der Waals surface area (Å²) in [6.45, 7) is 5.75. The molecule has 114 valence electrons. The maximum Gasteiger partial charge on any atom is 0.405 e. The van der Waals surface area contributed by atoms with Crippen LogP contribution in [0.15, 0.2) is 18.2 Å². The fourth-order valence-corrected chi connectivity index (χ4v) is 2.42. The summed E-state index contributed by atoms with van der Waals surface area (Å²) in [5.74, 6) is 0. The van der Waals surface area contributed by atoms with Gasteiger partial charge >= 0.3 is 6.18 Å². The minimum Gasteiger partial charge on any atom is -0.363 e. The van der Waals surface area contributed by atoms with Gasteiger partial charge in [0.15, 0.2) is 0 Å². The number of rotatable bonds is 6. The molecule has 0 heterocycles. The lowest BCUT2D eigenvalue weighted by Crippen LogP contribution is -2.34. The lowest BCUT2D eigenvalue weighted by Gasteiger charge is -2.25. The molecule has 2 nitrogen and oxygen atoms in total. The van der Waals surface area contributed by atoms with Gasteiger partial charge in [-0.05, 0) is 38.1 Å². The van der Waals surface area contributed by atoms with Gasteiger partial charge in [-0.15, -0.1) is 0 Å². The second kappa shape index (κ2) is 7.18. The molecule has 0 amide bonds. The smallest absolute Gasteiger partial charge is 0.363 e. The van der Waals surface area contributed by atoms with E-state index < -0.39 is 12.7 Å². The Morgan fingerprint density at radius 1 is 1.30 bits per heavy atom. The molecule has 6 heteroatoms. The van der Waals surface area contributed by atoms with Crippen LogP contribution in [0.1, 0.15) is 32.4 Å². The Hall–Kier alpha value is -0.940. The molecule has 1 aromatic carbocycles. The molecule has 0 fully saturated rings. The van der Waals surface area contributed by atoms with Gasteiger partial charge in [0.1, 0.15) is 6.54 Å². The summed E-state index contributed by atoms with van der Waals surface area (Å²) in [7, 11) is 0. The molecule has 20 heavy (non-hydrogen) atoms. The first-order valence-corrected chi connectivity index (χ1v) is 7.00. The predicted molar refractivity (Wildman–Crippen MR) is 77.5 cm³/mol. The maximum absolute atomic E-state index is 12.5. The lowest BCUT2D eigenvalue weighted by atomic mass is 10.1. The minimum absolute atomic E-state index is 0.0687. The van der Waals surface area contributed by atoms with Gasteiger partial charge in [0.2, 0.25) is 0 Å². The van der Waals surface area contributed by atoms with Crippen LogP contribution >= 0.6 is 11.6 Å². The number of alkyl halides is 3. The Balaban J connectivity index is 2.95. The minimum atomic E-state index is -4.22. The largest absolute Gasteiger partial charge is 0.405 e. The normalized spacial score (nSPS) is 13.3. The van der Waals surface area contributed by atoms with E-state index in [-0.39, 0.29) is 12.6 Å². The standard InChI is InChI=1S/C14H20ClF3N2/c1-4-19-10(3)12-7-6-11(8-13(12)15)20(5-2)9-14(16,17)18/h6-8,10,19H,4-5,9H2,1-3H3. The summed E-state index contributed by atoms with van der Waals surface area (Å²) in [6, 6.07) is 5.13. The van der Waals surface area contributed by atoms with Gasteiger partial charge < -0.3 is 10.2 Å². The summed E-state index contributed by atoms with van der Waals surface area (Å²) >= 11 is 6.18. The van der Waals surface area contributed by atoms with E-state index >= 15 is 0 Å². The number of anilines is 1. The highest BCUT2D eigenvalue weighted by atomic mass is 35.5. The molecule has 0 spiro atoms. The Kier molecular flexibility index (Phi) is 6.14. The van der Waals surface area contributed by atoms with E-state index in [1.807, 2.05) is 13.8 Å². The van der Waals surface area contributed by atoms with Crippen molar-refractivity contribution < 1.29 is 13.2 Å². The zero-order chi connectivity index (χ0) is 15.3. The Bertz CT molecular complexity index is 435. The van der Waals surface area contributed by atoms with Crippen LogP contribution in [-0.2, 0) is 0 Å². The molecule has 0 saturated carbocycles. The first-order chi connectivity index (χ1) is 9.28. The van der Waals surface area contributed by atoms with Gasteiger partial charge in [0.25, 0.3) is 0 Å². The molecule has 0 radical (unpaired) electrons. The lowest BCUT2D eigenvalue weighted by molar-refractivity contribution is -0.119. The van der Waals surface area contributed by atoms with Crippen LogP contribution in [0.25, 0.3) is 0 Å². The molecule has 0 aliphatic heterocycles. The Morgan fingerprint density at radius 3 is 2.40 bits per heavy atom. The molecule has 0 aliphatic rings. The first-order valence-electron chi connectivity index (χ1n) is 6.63. The van der Waals surface area contributed by atoms with E-state index in [1.165, 1.54) is 4.90 Å². The van der Waals surface area contributed by atoms with E-state index in [4.69, 9.17) is 11.6 Å². The zero-order valence-electron chi connectivity index (χ0n) is 11.9. The van der Waals surface area contributed by atoms with Crippen LogP contribution < -0.4 is 10.2 Å². The molecular formula is C14H20ClF3N2. The van der Waals surface area contributed by atoms with Crippen molar-refractivity contribution in [2.75, 3.05) is 24.5 Å². The number of nitrogens with zero attached hydrogens (tertiary/aromatic N) is 1. The molecule has 1 rings (SSSR count). The number of benzene rings is 1. The molecule has 1 aromatic rings. The van der Waals surface area contributed by atoms with E-state index in [0.717, 1.165) is 12.1 Å². The highest BCUT2D eigenvalue weighted by molar-refractivity contribution is 6.31. The van der Waals surface area contributed by atoms with Crippen LogP contribution in [0, 0.1) is 0 Å². The van der Waals surface area contributed by atoms with Crippen LogP contribution in [0.3, 0.4) is 0 Å². The van der Waals surface area contributed by atoms with Crippen LogP contribution in [0.2, 0.25) is 5.02 Å². The van der Waals surface area contributed by atoms with Crippen molar-refractivity contribution in [3.05, 3.63) is 28.8 Å². The molecule has 0 aromatic heterocycles. The van der Waals surface area contributed by atoms with Crippen LogP contribution in [0.5, 0.6) is 0 Å². The molecule has 0 aliphatic carbocycles. The fraction of sp³-hybridized carbons (Fsp3) is 0.571. The van der Waals surface area contributed by atoms with Crippen LogP contribution in [0.4, 0.5) is 18.9 Å². The third-order valence-electron chi connectivity index (χ3n) is 3.08. The number of halogens is 4. The van der Waals surface area contributed by atoms with E-state index in [9.17, 15) is 13.2 Å². The maximum atomic E-state index is 12.5. The second-order valence-corrected chi connectivity index (χ2v) is 5.02. The third-order valence-corrected chi connectivity index (χ3v) is 3.41. The zero-order valence-corrected chi connectivity index (χ0v) is 12.6. The average molecular weight is 309 g/mol.